The van der Waals surface area contributed by atoms with E-state index >= 15 is 0 Å². The Balaban J connectivity index is 2.04. The van der Waals surface area contributed by atoms with Gasteiger partial charge in [-0.05, 0) is 41.8 Å². The van der Waals surface area contributed by atoms with Crippen molar-refractivity contribution < 1.29 is 31.1 Å². The van der Waals surface area contributed by atoms with Crippen molar-refractivity contribution in [1.29, 1.82) is 0 Å². The van der Waals surface area contributed by atoms with E-state index in [0.717, 1.165) is 29.5 Å². The summed E-state index contributed by atoms with van der Waals surface area (Å²) in [4.78, 5) is 10.5. The van der Waals surface area contributed by atoms with E-state index < -0.39 is 42.3 Å². The Bertz CT molecular complexity index is 1380. The molecule has 0 radical (unpaired) electrons. The lowest BCUT2D eigenvalue weighted by Crippen LogP contribution is -2.18. The summed E-state index contributed by atoms with van der Waals surface area (Å²) in [7, 11) is -8.52. The number of aromatic carboxylic acids is 1. The molecule has 0 saturated carbocycles. The summed E-state index contributed by atoms with van der Waals surface area (Å²) in [6.07, 6.45) is 0. The van der Waals surface area contributed by atoms with Crippen LogP contribution in [0.4, 0.5) is 15.8 Å². The maximum Gasteiger partial charge on any atom is 0.338 e. The number of hydrogen-bond donors (Lipinski definition) is 3. The first-order chi connectivity index (χ1) is 14.4. The molecule has 8 nitrogen and oxygen atoms in total. The predicted molar refractivity (Wildman–Crippen MR) is 116 cm³/mol. The smallest absolute Gasteiger partial charge is 0.338 e. The lowest BCUT2D eigenvalue weighted by atomic mass is 10.2. The molecule has 3 N–H and O–H groups in total. The minimum Gasteiger partial charge on any atom is -0.478 e. The summed E-state index contributed by atoms with van der Waals surface area (Å²) >= 11 is 12.8. The predicted octanol–water partition coefficient (Wildman–Crippen LogP) is 4.49. The minimum absolute atomic E-state index is 0.0305. The van der Waals surface area contributed by atoms with Crippen molar-refractivity contribution in [1.82, 2.24) is 0 Å². The van der Waals surface area contributed by atoms with Crippen LogP contribution in [-0.4, -0.2) is 27.9 Å². The molecule has 2 aromatic carbocycles. The largest absolute Gasteiger partial charge is 0.478 e. The fourth-order valence-electron chi connectivity index (χ4n) is 2.37. The van der Waals surface area contributed by atoms with Crippen LogP contribution in [0.3, 0.4) is 0 Å². The minimum atomic E-state index is -4.46. The van der Waals surface area contributed by atoms with Crippen molar-refractivity contribution in [3.63, 3.8) is 0 Å². The molecule has 0 unspecified atom stereocenters. The van der Waals surface area contributed by atoms with Crippen molar-refractivity contribution in [2.45, 2.75) is 9.10 Å². The second-order valence-corrected chi connectivity index (χ2v) is 11.3. The second kappa shape index (κ2) is 8.63. The molecule has 0 aliphatic heterocycles. The summed E-state index contributed by atoms with van der Waals surface area (Å²) in [5, 5.41) is 10.4. The monoisotopic (exact) mass is 524 g/mol. The lowest BCUT2D eigenvalue weighted by molar-refractivity contribution is 0.0691. The van der Waals surface area contributed by atoms with Gasteiger partial charge in [-0.1, -0.05) is 29.3 Å². The highest BCUT2D eigenvalue weighted by atomic mass is 35.5. The third-order valence-corrected chi connectivity index (χ3v) is 8.64. The highest BCUT2D eigenvalue weighted by Gasteiger charge is 2.23. The number of benzene rings is 2. The van der Waals surface area contributed by atoms with Crippen LogP contribution in [0.1, 0.15) is 10.4 Å². The Morgan fingerprint density at radius 1 is 0.935 bits per heavy atom. The van der Waals surface area contributed by atoms with Crippen LogP contribution >= 0.6 is 34.5 Å². The normalized spacial score (nSPS) is 11.8. The summed E-state index contributed by atoms with van der Waals surface area (Å²) in [5.41, 5.74) is -1.36. The number of nitrogens with one attached hydrogen (secondary N) is 2. The third-order valence-electron chi connectivity index (χ3n) is 3.79. The molecule has 164 valence electrons. The van der Waals surface area contributed by atoms with Crippen molar-refractivity contribution in [3.8, 4) is 0 Å². The molecule has 1 heterocycles. The molecule has 1 aromatic heterocycles. The Morgan fingerprint density at radius 3 is 2.03 bits per heavy atom. The molecular formula is C17H11Cl2FN2O6S3. The van der Waals surface area contributed by atoms with Crippen molar-refractivity contribution in [2.24, 2.45) is 0 Å². The standard InChI is InChI=1S/C17H11Cl2FN2O6S3/c18-11-7-14(15(8-12(11)19)22-31(27,28)16-2-1-5-29-16)21-30(25,26)9-3-4-13(20)10(6-9)17(23)24/h1-8,21-22H,(H,23,24). The fourth-order valence-corrected chi connectivity index (χ4v) is 5.85. The fraction of sp³-hybridized carbons (Fsp3) is 0. The van der Waals surface area contributed by atoms with Crippen LogP contribution in [0.15, 0.2) is 56.9 Å². The van der Waals surface area contributed by atoms with Crippen LogP contribution in [0, 0.1) is 5.82 Å². The molecule has 14 heteroatoms. The number of halogens is 3. The third kappa shape index (κ3) is 5.10. The highest BCUT2D eigenvalue weighted by Crippen LogP contribution is 2.35. The van der Waals surface area contributed by atoms with Crippen molar-refractivity contribution >= 4 is 71.9 Å². The summed E-state index contributed by atoms with van der Waals surface area (Å²) in [6, 6.07) is 7.24. The molecule has 0 fully saturated rings. The molecule has 0 spiro atoms. The summed E-state index contributed by atoms with van der Waals surface area (Å²) < 4.78 is 68.5. The van der Waals surface area contributed by atoms with Crippen molar-refractivity contribution in [2.75, 3.05) is 9.44 Å². The first-order valence-electron chi connectivity index (χ1n) is 8.02. The molecule has 0 bridgehead atoms. The van der Waals surface area contributed by atoms with Gasteiger partial charge in [0.2, 0.25) is 0 Å². The van der Waals surface area contributed by atoms with Gasteiger partial charge in [0.25, 0.3) is 20.0 Å². The van der Waals surface area contributed by atoms with Gasteiger partial charge < -0.3 is 5.11 Å². The van der Waals surface area contributed by atoms with Gasteiger partial charge in [0, 0.05) is 0 Å². The number of hydrogen-bond acceptors (Lipinski definition) is 6. The van der Waals surface area contributed by atoms with Gasteiger partial charge in [-0.3, -0.25) is 9.44 Å². The lowest BCUT2D eigenvalue weighted by Gasteiger charge is -2.15. The zero-order chi connectivity index (χ0) is 23.0. The Morgan fingerprint density at radius 2 is 1.52 bits per heavy atom. The number of thiophene rings is 1. The van der Waals surface area contributed by atoms with Gasteiger partial charge >= 0.3 is 5.97 Å². The average molecular weight is 525 g/mol. The first kappa shape index (κ1) is 23.3. The molecular weight excluding hydrogens is 514 g/mol. The van der Waals surface area contributed by atoms with Gasteiger partial charge in [0.15, 0.2) is 0 Å². The van der Waals surface area contributed by atoms with E-state index in [2.05, 4.69) is 9.44 Å². The number of sulfonamides is 2. The molecule has 31 heavy (non-hydrogen) atoms. The Kier molecular flexibility index (Phi) is 6.48. The van der Waals surface area contributed by atoms with Gasteiger partial charge in [-0.25, -0.2) is 26.0 Å². The second-order valence-electron chi connectivity index (χ2n) is 5.90. The first-order valence-corrected chi connectivity index (χ1v) is 12.6. The highest BCUT2D eigenvalue weighted by molar-refractivity contribution is 7.94. The van der Waals surface area contributed by atoms with E-state index in [4.69, 9.17) is 28.3 Å². The number of carboxylic acids is 1. The van der Waals surface area contributed by atoms with Crippen LogP contribution in [0.25, 0.3) is 0 Å². The Hall–Kier alpha value is -2.38. The number of rotatable bonds is 7. The van der Waals surface area contributed by atoms with E-state index in [1.54, 1.807) is 5.38 Å². The topological polar surface area (TPSA) is 130 Å². The van der Waals surface area contributed by atoms with Crippen LogP contribution < -0.4 is 9.44 Å². The van der Waals surface area contributed by atoms with Crippen molar-refractivity contribution in [3.05, 3.63) is 69.3 Å². The van der Waals surface area contributed by atoms with E-state index in [1.165, 1.54) is 12.1 Å². The Labute approximate surface area is 190 Å². The molecule has 3 rings (SSSR count). The number of carboxylic acid groups (broad SMARTS) is 1. The molecule has 3 aromatic rings. The molecule has 0 amide bonds. The van der Waals surface area contributed by atoms with E-state index in [-0.39, 0.29) is 25.6 Å². The SMILES string of the molecule is O=C(O)c1cc(S(=O)(=O)Nc2cc(Cl)c(Cl)cc2NS(=O)(=O)c2cccs2)ccc1F. The molecule has 0 atom stereocenters. The summed E-state index contributed by atoms with van der Waals surface area (Å²) in [5.74, 6) is -2.78. The van der Waals surface area contributed by atoms with E-state index in [0.29, 0.717) is 12.1 Å². The van der Waals surface area contributed by atoms with E-state index in [9.17, 15) is 26.0 Å². The molecule has 0 aliphatic carbocycles. The summed E-state index contributed by atoms with van der Waals surface area (Å²) in [6.45, 7) is 0. The van der Waals surface area contributed by atoms with Gasteiger partial charge in [-0.2, -0.15) is 0 Å². The quantitative estimate of drug-likeness (QED) is 0.417. The van der Waals surface area contributed by atoms with E-state index in [1.807, 2.05) is 0 Å². The van der Waals surface area contributed by atoms with Gasteiger partial charge in [-0.15, -0.1) is 11.3 Å². The maximum atomic E-state index is 13.6. The zero-order valence-electron chi connectivity index (χ0n) is 15.0. The van der Waals surface area contributed by atoms with Gasteiger partial charge in [0.1, 0.15) is 10.0 Å². The zero-order valence-corrected chi connectivity index (χ0v) is 18.9. The molecule has 0 saturated heterocycles. The number of anilines is 2. The average Bonchev–Trinajstić information content (AvgIpc) is 3.21. The number of carbonyl (C=O) groups is 1. The van der Waals surface area contributed by atoms with Gasteiger partial charge in [0.05, 0.1) is 31.9 Å². The van der Waals surface area contributed by atoms with Crippen LogP contribution in [0.5, 0.6) is 0 Å². The van der Waals surface area contributed by atoms with Crippen LogP contribution in [0.2, 0.25) is 10.0 Å². The molecule has 0 aliphatic rings. The van der Waals surface area contributed by atoms with Crippen LogP contribution in [-0.2, 0) is 20.0 Å². The maximum absolute atomic E-state index is 13.6.